The molecule has 7 heteroatoms. The lowest BCUT2D eigenvalue weighted by Gasteiger charge is -2.14. The summed E-state index contributed by atoms with van der Waals surface area (Å²) >= 11 is 0. The Hall–Kier alpha value is -3.58. The Morgan fingerprint density at radius 3 is 2.33 bits per heavy atom. The number of anilines is 1. The van der Waals surface area contributed by atoms with Crippen LogP contribution in [-0.2, 0) is 10.0 Å². The number of hydrogen-bond donors (Lipinski definition) is 1. The summed E-state index contributed by atoms with van der Waals surface area (Å²) in [5.74, 6) is 1.13. The van der Waals surface area contributed by atoms with Gasteiger partial charge in [0.25, 0.3) is 10.0 Å². The molecule has 4 aromatic rings. The third kappa shape index (κ3) is 3.79. The van der Waals surface area contributed by atoms with E-state index in [-0.39, 0.29) is 4.90 Å². The first-order chi connectivity index (χ1) is 14.5. The molecule has 3 aromatic carbocycles. The molecule has 4 rings (SSSR count). The highest BCUT2D eigenvalue weighted by atomic mass is 32.2. The Morgan fingerprint density at radius 2 is 1.60 bits per heavy atom. The largest absolute Gasteiger partial charge is 0.497 e. The molecule has 0 fully saturated rings. The summed E-state index contributed by atoms with van der Waals surface area (Å²) in [4.78, 5) is 4.47. The summed E-state index contributed by atoms with van der Waals surface area (Å²) < 4.78 is 38.7. The fraction of sp³-hybridized carbons (Fsp3) is 0.0870. The monoisotopic (exact) mass is 420 g/mol. The second-order valence-corrected chi connectivity index (χ2v) is 8.29. The van der Waals surface area contributed by atoms with E-state index in [1.54, 1.807) is 37.6 Å². The van der Waals surface area contributed by atoms with E-state index in [2.05, 4.69) is 9.71 Å². The summed E-state index contributed by atoms with van der Waals surface area (Å²) in [6, 6.07) is 19.3. The number of rotatable bonds is 6. The summed E-state index contributed by atoms with van der Waals surface area (Å²) in [7, 11) is -0.665. The molecule has 0 bridgehead atoms. The lowest BCUT2D eigenvalue weighted by atomic mass is 10.00. The Labute approximate surface area is 175 Å². The molecule has 0 aliphatic carbocycles. The molecule has 0 unspecified atom stereocenters. The minimum Gasteiger partial charge on any atom is -0.497 e. The van der Waals surface area contributed by atoms with Crippen LogP contribution in [0.15, 0.2) is 84.0 Å². The van der Waals surface area contributed by atoms with Crippen molar-refractivity contribution < 1.29 is 17.9 Å². The molecule has 0 aliphatic heterocycles. The first-order valence-corrected chi connectivity index (χ1v) is 10.7. The zero-order valence-corrected chi connectivity index (χ0v) is 17.3. The SMILES string of the molecule is COc1ccc(S(=O)(=O)Nc2ccc(-c3cncc4ccccc34)c(OC)c2)cc1. The Bertz CT molecular complexity index is 1300. The second kappa shape index (κ2) is 8.04. The molecule has 0 spiro atoms. The van der Waals surface area contributed by atoms with Gasteiger partial charge in [0.1, 0.15) is 11.5 Å². The molecule has 1 heterocycles. The van der Waals surface area contributed by atoms with Crippen molar-refractivity contribution in [2.45, 2.75) is 4.90 Å². The van der Waals surface area contributed by atoms with Gasteiger partial charge < -0.3 is 9.47 Å². The number of methoxy groups -OCH3 is 2. The Kier molecular flexibility index (Phi) is 5.29. The van der Waals surface area contributed by atoms with E-state index in [1.807, 2.05) is 36.5 Å². The highest BCUT2D eigenvalue weighted by Gasteiger charge is 2.16. The van der Waals surface area contributed by atoms with E-state index in [0.29, 0.717) is 17.2 Å². The smallest absolute Gasteiger partial charge is 0.261 e. The molecule has 0 atom stereocenters. The van der Waals surface area contributed by atoms with Gasteiger partial charge in [-0.05, 0) is 41.8 Å². The minimum absolute atomic E-state index is 0.143. The molecule has 1 aromatic heterocycles. The van der Waals surface area contributed by atoms with E-state index >= 15 is 0 Å². The van der Waals surface area contributed by atoms with Gasteiger partial charge in [-0.1, -0.05) is 24.3 Å². The number of fused-ring (bicyclic) bond motifs is 1. The van der Waals surface area contributed by atoms with Gasteiger partial charge in [-0.2, -0.15) is 0 Å². The standard InChI is InChI=1S/C23H20N2O4S/c1-28-18-8-10-19(11-9-18)30(26,27)25-17-7-12-21(23(13-17)29-2)22-15-24-14-16-5-3-4-6-20(16)22/h3-15,25H,1-2H3. The fourth-order valence-corrected chi connectivity index (χ4v) is 4.33. The molecule has 0 aliphatic rings. The Balaban J connectivity index is 1.70. The average molecular weight is 420 g/mol. The number of nitrogens with zero attached hydrogens (tertiary/aromatic N) is 1. The van der Waals surface area contributed by atoms with E-state index in [9.17, 15) is 8.42 Å². The Morgan fingerprint density at radius 1 is 0.833 bits per heavy atom. The first kappa shape index (κ1) is 19.7. The van der Waals surface area contributed by atoms with Crippen LogP contribution >= 0.6 is 0 Å². The maximum Gasteiger partial charge on any atom is 0.261 e. The van der Waals surface area contributed by atoms with Crippen LogP contribution in [0.4, 0.5) is 5.69 Å². The normalized spacial score (nSPS) is 11.3. The number of sulfonamides is 1. The maximum atomic E-state index is 12.7. The summed E-state index contributed by atoms with van der Waals surface area (Å²) in [6.45, 7) is 0. The van der Waals surface area contributed by atoms with Gasteiger partial charge in [-0.15, -0.1) is 0 Å². The van der Waals surface area contributed by atoms with Crippen molar-refractivity contribution in [1.29, 1.82) is 0 Å². The molecule has 1 N–H and O–H groups in total. The van der Waals surface area contributed by atoms with Crippen LogP contribution in [0.1, 0.15) is 0 Å². The van der Waals surface area contributed by atoms with E-state index in [4.69, 9.17) is 9.47 Å². The van der Waals surface area contributed by atoms with Crippen molar-refractivity contribution in [1.82, 2.24) is 4.98 Å². The van der Waals surface area contributed by atoms with Gasteiger partial charge >= 0.3 is 0 Å². The molecule has 0 amide bonds. The quantitative estimate of drug-likeness (QED) is 0.488. The van der Waals surface area contributed by atoms with Gasteiger partial charge in [0.05, 0.1) is 24.8 Å². The molecule has 0 saturated carbocycles. The predicted octanol–water partition coefficient (Wildman–Crippen LogP) is 4.72. The molecular weight excluding hydrogens is 400 g/mol. The van der Waals surface area contributed by atoms with Crippen LogP contribution in [0.3, 0.4) is 0 Å². The van der Waals surface area contributed by atoms with Gasteiger partial charge in [0.15, 0.2) is 0 Å². The topological polar surface area (TPSA) is 77.5 Å². The van der Waals surface area contributed by atoms with Crippen LogP contribution in [0.25, 0.3) is 21.9 Å². The van der Waals surface area contributed by atoms with Crippen LogP contribution in [0, 0.1) is 0 Å². The van der Waals surface area contributed by atoms with Gasteiger partial charge in [0.2, 0.25) is 0 Å². The number of benzene rings is 3. The summed E-state index contributed by atoms with van der Waals surface area (Å²) in [5, 5.41) is 2.05. The van der Waals surface area contributed by atoms with Crippen molar-refractivity contribution in [2.75, 3.05) is 18.9 Å². The number of pyridine rings is 1. The van der Waals surface area contributed by atoms with E-state index < -0.39 is 10.0 Å². The number of aromatic nitrogens is 1. The van der Waals surface area contributed by atoms with Gasteiger partial charge in [-0.3, -0.25) is 9.71 Å². The van der Waals surface area contributed by atoms with Gasteiger partial charge in [-0.25, -0.2) is 8.42 Å². The number of nitrogens with one attached hydrogen (secondary N) is 1. The second-order valence-electron chi connectivity index (χ2n) is 6.60. The van der Waals surface area contributed by atoms with Gasteiger partial charge in [0, 0.05) is 35.0 Å². The van der Waals surface area contributed by atoms with E-state index in [1.165, 1.54) is 19.2 Å². The lowest BCUT2D eigenvalue weighted by molar-refractivity contribution is 0.414. The summed E-state index contributed by atoms with van der Waals surface area (Å²) in [6.07, 6.45) is 3.59. The lowest BCUT2D eigenvalue weighted by Crippen LogP contribution is -2.13. The predicted molar refractivity (Wildman–Crippen MR) is 118 cm³/mol. The molecule has 30 heavy (non-hydrogen) atoms. The highest BCUT2D eigenvalue weighted by Crippen LogP contribution is 2.36. The van der Waals surface area contributed by atoms with Crippen molar-refractivity contribution in [3.8, 4) is 22.6 Å². The third-order valence-corrected chi connectivity index (χ3v) is 6.18. The zero-order chi connectivity index (χ0) is 21.1. The fourth-order valence-electron chi connectivity index (χ4n) is 3.28. The zero-order valence-electron chi connectivity index (χ0n) is 16.5. The van der Waals surface area contributed by atoms with Crippen molar-refractivity contribution >= 4 is 26.5 Å². The van der Waals surface area contributed by atoms with Crippen molar-refractivity contribution in [3.63, 3.8) is 0 Å². The molecule has 152 valence electrons. The van der Waals surface area contributed by atoms with Crippen LogP contribution in [-0.4, -0.2) is 27.6 Å². The minimum atomic E-state index is -3.75. The van der Waals surface area contributed by atoms with E-state index in [0.717, 1.165) is 21.9 Å². The number of ether oxygens (including phenoxy) is 2. The number of hydrogen-bond acceptors (Lipinski definition) is 5. The molecular formula is C23H20N2O4S. The van der Waals surface area contributed by atoms with Crippen LogP contribution in [0.5, 0.6) is 11.5 Å². The molecule has 6 nitrogen and oxygen atoms in total. The summed E-state index contributed by atoms with van der Waals surface area (Å²) in [5.41, 5.74) is 2.14. The first-order valence-electron chi connectivity index (χ1n) is 9.20. The highest BCUT2D eigenvalue weighted by molar-refractivity contribution is 7.92. The average Bonchev–Trinajstić information content (AvgIpc) is 2.78. The van der Waals surface area contributed by atoms with Crippen molar-refractivity contribution in [3.05, 3.63) is 79.1 Å². The third-order valence-electron chi connectivity index (χ3n) is 4.78. The van der Waals surface area contributed by atoms with Crippen LogP contribution < -0.4 is 14.2 Å². The van der Waals surface area contributed by atoms with Crippen LogP contribution in [0.2, 0.25) is 0 Å². The molecule has 0 saturated heterocycles. The molecule has 0 radical (unpaired) electrons. The maximum absolute atomic E-state index is 12.7. The van der Waals surface area contributed by atoms with Crippen molar-refractivity contribution in [2.24, 2.45) is 0 Å².